The van der Waals surface area contributed by atoms with Crippen molar-refractivity contribution >= 4 is 10.9 Å². The summed E-state index contributed by atoms with van der Waals surface area (Å²) in [5.74, 6) is 0. The Balaban J connectivity index is 0.000000509. The number of aromatic nitrogens is 2. The molecule has 0 aliphatic heterocycles. The molecule has 88 valence electrons. The number of hydrogen-bond donors (Lipinski definition) is 0. The highest BCUT2D eigenvalue weighted by atomic mass is 15.1. The van der Waals surface area contributed by atoms with Gasteiger partial charge in [-0.25, -0.2) is 0 Å². The molecule has 0 atom stereocenters. The highest BCUT2D eigenvalue weighted by Crippen LogP contribution is 2.12. The minimum atomic E-state index is 0.983. The lowest BCUT2D eigenvalue weighted by molar-refractivity contribution is 1.07. The fourth-order valence-corrected chi connectivity index (χ4v) is 1.25. The first-order chi connectivity index (χ1) is 7.90. The number of nitrogens with zero attached hydrogens (tertiary/aromatic N) is 2. The fourth-order valence-electron chi connectivity index (χ4n) is 1.25. The van der Waals surface area contributed by atoms with Gasteiger partial charge in [-0.2, -0.15) is 10.2 Å². The molecule has 0 aliphatic carbocycles. The third-order valence-electron chi connectivity index (χ3n) is 1.99. The second kappa shape index (κ2) is 8.84. The molecule has 0 aliphatic rings. The van der Waals surface area contributed by atoms with Crippen molar-refractivity contribution < 1.29 is 0 Å². The predicted octanol–water partition coefficient (Wildman–Crippen LogP) is 4.24. The monoisotopic (exact) mass is 218 g/mol. The lowest BCUT2D eigenvalue weighted by Gasteiger charge is -1.97. The molecule has 16 heavy (non-hydrogen) atoms. The molecule has 0 N–H and O–H groups in total. The smallest absolute Gasteiger partial charge is 0.0932 e. The maximum atomic E-state index is 4.04. The molecular formula is C14H22N2. The Bertz CT molecular complexity index is 397. The molecule has 0 saturated carbocycles. The van der Waals surface area contributed by atoms with Gasteiger partial charge in [0.1, 0.15) is 0 Å². The van der Waals surface area contributed by atoms with Crippen molar-refractivity contribution in [3.05, 3.63) is 36.0 Å². The summed E-state index contributed by atoms with van der Waals surface area (Å²) in [5, 5.41) is 9.03. The Morgan fingerprint density at radius 2 is 1.69 bits per heavy atom. The van der Waals surface area contributed by atoms with E-state index in [0.29, 0.717) is 0 Å². The van der Waals surface area contributed by atoms with Crippen molar-refractivity contribution in [3.63, 3.8) is 0 Å². The molecule has 2 heteroatoms. The average Bonchev–Trinajstić information content (AvgIpc) is 2.42. The maximum absolute atomic E-state index is 4.04. The van der Waals surface area contributed by atoms with Crippen molar-refractivity contribution in [3.8, 4) is 0 Å². The molecule has 2 rings (SSSR count). The molecule has 1 aromatic heterocycles. The molecule has 0 radical (unpaired) electrons. The Hall–Kier alpha value is -1.44. The predicted molar refractivity (Wildman–Crippen MR) is 71.6 cm³/mol. The highest BCUT2D eigenvalue weighted by molar-refractivity contribution is 5.78. The fraction of sp³-hybridized carbons (Fsp3) is 0.429. The number of fused-ring (bicyclic) bond motifs is 1. The normalized spacial score (nSPS) is 8.56. The number of aryl methyl sites for hydroxylation is 1. The van der Waals surface area contributed by atoms with Gasteiger partial charge in [0, 0.05) is 5.39 Å². The Kier molecular flexibility index (Phi) is 8.04. The first kappa shape index (κ1) is 14.6. The molecule has 2 aromatic rings. The summed E-state index contributed by atoms with van der Waals surface area (Å²) in [7, 11) is 0. The van der Waals surface area contributed by atoms with Crippen LogP contribution in [-0.2, 0) is 6.42 Å². The average molecular weight is 218 g/mol. The molecule has 0 unspecified atom stereocenters. The van der Waals surface area contributed by atoms with Crippen LogP contribution in [0.3, 0.4) is 0 Å². The van der Waals surface area contributed by atoms with E-state index in [0.717, 1.165) is 17.3 Å². The van der Waals surface area contributed by atoms with Crippen LogP contribution in [0.4, 0.5) is 0 Å². The Morgan fingerprint density at radius 3 is 2.31 bits per heavy atom. The zero-order chi connectivity index (χ0) is 12.4. The van der Waals surface area contributed by atoms with Crippen LogP contribution >= 0.6 is 0 Å². The zero-order valence-electron chi connectivity index (χ0n) is 11.0. The van der Waals surface area contributed by atoms with Crippen molar-refractivity contribution in [1.82, 2.24) is 10.2 Å². The van der Waals surface area contributed by atoms with E-state index in [1.807, 2.05) is 33.8 Å². The van der Waals surface area contributed by atoms with Crippen molar-refractivity contribution in [2.75, 3.05) is 0 Å². The van der Waals surface area contributed by atoms with Crippen LogP contribution in [0, 0.1) is 0 Å². The van der Waals surface area contributed by atoms with Crippen LogP contribution in [0.1, 0.15) is 40.2 Å². The van der Waals surface area contributed by atoms with Gasteiger partial charge in [-0.3, -0.25) is 0 Å². The molecule has 0 spiro atoms. The molecule has 0 saturated heterocycles. The Morgan fingerprint density at radius 1 is 1.00 bits per heavy atom. The van der Waals surface area contributed by atoms with Gasteiger partial charge >= 0.3 is 0 Å². The van der Waals surface area contributed by atoms with Gasteiger partial charge in [0.15, 0.2) is 0 Å². The van der Waals surface area contributed by atoms with Crippen LogP contribution in [0.2, 0.25) is 0 Å². The van der Waals surface area contributed by atoms with Crippen LogP contribution < -0.4 is 0 Å². The van der Waals surface area contributed by atoms with Gasteiger partial charge in [-0.05, 0) is 24.1 Å². The highest BCUT2D eigenvalue weighted by Gasteiger charge is 1.94. The second-order valence-corrected chi connectivity index (χ2v) is 2.78. The topological polar surface area (TPSA) is 25.8 Å². The van der Waals surface area contributed by atoms with Gasteiger partial charge in [0.05, 0.1) is 11.7 Å². The largest absolute Gasteiger partial charge is 0.159 e. The summed E-state index contributed by atoms with van der Waals surface area (Å²) in [6.07, 6.45) is 2.76. The van der Waals surface area contributed by atoms with E-state index in [2.05, 4.69) is 35.3 Å². The van der Waals surface area contributed by atoms with E-state index >= 15 is 0 Å². The summed E-state index contributed by atoms with van der Waals surface area (Å²) in [6, 6.07) is 8.27. The first-order valence-corrected chi connectivity index (χ1v) is 6.10. The van der Waals surface area contributed by atoms with Crippen LogP contribution in [0.5, 0.6) is 0 Å². The van der Waals surface area contributed by atoms with E-state index in [1.165, 1.54) is 5.56 Å². The summed E-state index contributed by atoms with van der Waals surface area (Å²) >= 11 is 0. The summed E-state index contributed by atoms with van der Waals surface area (Å²) in [4.78, 5) is 0. The quantitative estimate of drug-likeness (QED) is 0.715. The molecule has 0 bridgehead atoms. The zero-order valence-corrected chi connectivity index (χ0v) is 11.0. The second-order valence-electron chi connectivity index (χ2n) is 2.78. The van der Waals surface area contributed by atoms with E-state index in [9.17, 15) is 0 Å². The van der Waals surface area contributed by atoms with Crippen LogP contribution in [0.15, 0.2) is 30.5 Å². The van der Waals surface area contributed by atoms with Gasteiger partial charge in [-0.1, -0.05) is 46.8 Å². The third-order valence-corrected chi connectivity index (χ3v) is 1.99. The molecule has 0 amide bonds. The van der Waals surface area contributed by atoms with Crippen molar-refractivity contribution in [1.29, 1.82) is 0 Å². The molecule has 0 fully saturated rings. The summed E-state index contributed by atoms with van der Waals surface area (Å²) in [6.45, 7) is 10.1. The van der Waals surface area contributed by atoms with E-state index in [-0.39, 0.29) is 0 Å². The first-order valence-electron chi connectivity index (χ1n) is 6.10. The molecule has 1 aromatic carbocycles. The van der Waals surface area contributed by atoms with Crippen LogP contribution in [-0.4, -0.2) is 10.2 Å². The van der Waals surface area contributed by atoms with E-state index in [4.69, 9.17) is 0 Å². The maximum Gasteiger partial charge on any atom is 0.0932 e. The lowest BCUT2D eigenvalue weighted by Crippen LogP contribution is -1.84. The van der Waals surface area contributed by atoms with E-state index in [1.54, 1.807) is 6.20 Å². The number of rotatable bonds is 1. The Labute approximate surface area is 98.7 Å². The van der Waals surface area contributed by atoms with Gasteiger partial charge < -0.3 is 0 Å². The molecule has 2 nitrogen and oxygen atoms in total. The number of benzene rings is 1. The van der Waals surface area contributed by atoms with Crippen LogP contribution in [0.25, 0.3) is 10.9 Å². The minimum Gasteiger partial charge on any atom is -0.159 e. The summed E-state index contributed by atoms with van der Waals surface area (Å²) < 4.78 is 0. The molecule has 1 heterocycles. The SMILES string of the molecule is CC.CC.CCc1ccc2ccnnc2c1. The van der Waals surface area contributed by atoms with Gasteiger partial charge in [0.2, 0.25) is 0 Å². The van der Waals surface area contributed by atoms with E-state index < -0.39 is 0 Å². The van der Waals surface area contributed by atoms with Crippen molar-refractivity contribution in [2.45, 2.75) is 41.0 Å². The summed E-state index contributed by atoms with van der Waals surface area (Å²) in [5.41, 5.74) is 2.29. The minimum absolute atomic E-state index is 0.983. The number of hydrogen-bond acceptors (Lipinski definition) is 2. The standard InChI is InChI=1S/C10H10N2.2C2H6/c1-2-8-3-4-9-5-6-11-12-10(9)7-8;2*1-2/h3-7H,2H2,1H3;2*1-2H3. The van der Waals surface area contributed by atoms with Gasteiger partial charge in [-0.15, -0.1) is 0 Å². The third kappa shape index (κ3) is 3.97. The molecular weight excluding hydrogens is 196 g/mol. The van der Waals surface area contributed by atoms with Crippen molar-refractivity contribution in [2.24, 2.45) is 0 Å². The lowest BCUT2D eigenvalue weighted by atomic mass is 10.1. The van der Waals surface area contributed by atoms with Gasteiger partial charge in [0.25, 0.3) is 0 Å².